The molecular formula is C25H35ClN4O4. The topological polar surface area (TPSA) is 104 Å². The second-order valence-corrected chi connectivity index (χ2v) is 8.07. The number of pyridine rings is 2. The van der Waals surface area contributed by atoms with Crippen LogP contribution in [0.1, 0.15) is 84.6 Å². The molecule has 9 heteroatoms. The highest BCUT2D eigenvalue weighted by Crippen LogP contribution is 2.11. The van der Waals surface area contributed by atoms with Crippen LogP contribution in [0.5, 0.6) is 0 Å². The van der Waals surface area contributed by atoms with E-state index in [0.717, 1.165) is 38.8 Å². The Balaban J connectivity index is 0.000000342. The molecule has 0 atom stereocenters. The second kappa shape index (κ2) is 15.8. The molecule has 1 N–H and O–H groups in total. The number of halogens is 1. The van der Waals surface area contributed by atoms with Crippen molar-refractivity contribution in [2.45, 2.75) is 53.4 Å². The molecule has 2 amide bonds. The maximum absolute atomic E-state index is 12.2. The van der Waals surface area contributed by atoms with E-state index in [4.69, 9.17) is 16.7 Å². The van der Waals surface area contributed by atoms with Crippen LogP contribution in [0.4, 0.5) is 0 Å². The van der Waals surface area contributed by atoms with E-state index >= 15 is 0 Å². The minimum absolute atomic E-state index is 0.0352. The van der Waals surface area contributed by atoms with Gasteiger partial charge in [-0.15, -0.1) is 0 Å². The smallest absolute Gasteiger partial charge is 0.354 e. The number of hydrogen-bond donors (Lipinski definition) is 1. The average Bonchev–Trinajstić information content (AvgIpc) is 2.83. The van der Waals surface area contributed by atoms with Gasteiger partial charge in [-0.3, -0.25) is 9.59 Å². The van der Waals surface area contributed by atoms with Gasteiger partial charge in [-0.2, -0.15) is 0 Å². The summed E-state index contributed by atoms with van der Waals surface area (Å²) in [4.78, 5) is 46.3. The number of carboxylic acid groups (broad SMARTS) is 1. The molecule has 0 aliphatic carbocycles. The van der Waals surface area contributed by atoms with Crippen LogP contribution in [-0.4, -0.2) is 68.8 Å². The summed E-state index contributed by atoms with van der Waals surface area (Å²) >= 11 is 5.77. The van der Waals surface area contributed by atoms with Gasteiger partial charge in [-0.1, -0.05) is 39.3 Å². The zero-order valence-electron chi connectivity index (χ0n) is 20.5. The third kappa shape index (κ3) is 9.47. The summed E-state index contributed by atoms with van der Waals surface area (Å²) in [6.45, 7) is 11.1. The van der Waals surface area contributed by atoms with E-state index in [1.807, 2.05) is 18.7 Å². The van der Waals surface area contributed by atoms with E-state index in [2.05, 4.69) is 23.8 Å². The number of carbonyl (C=O) groups is 3. The van der Waals surface area contributed by atoms with E-state index in [9.17, 15) is 14.4 Å². The Morgan fingerprint density at radius 3 is 1.56 bits per heavy atom. The molecule has 0 aromatic carbocycles. The molecular weight excluding hydrogens is 456 g/mol. The molecule has 0 saturated heterocycles. The predicted octanol–water partition coefficient (Wildman–Crippen LogP) is 5.04. The fourth-order valence-corrected chi connectivity index (χ4v) is 3.46. The summed E-state index contributed by atoms with van der Waals surface area (Å²) in [5.41, 5.74) is 0.889. The van der Waals surface area contributed by atoms with E-state index in [0.29, 0.717) is 29.4 Å². The van der Waals surface area contributed by atoms with Crippen molar-refractivity contribution in [3.63, 3.8) is 0 Å². The summed E-state index contributed by atoms with van der Waals surface area (Å²) in [7, 11) is 0. The van der Waals surface area contributed by atoms with Crippen LogP contribution >= 0.6 is 11.6 Å². The van der Waals surface area contributed by atoms with Gasteiger partial charge in [0.15, 0.2) is 0 Å². The summed E-state index contributed by atoms with van der Waals surface area (Å²) in [5, 5.41) is 9.21. The summed E-state index contributed by atoms with van der Waals surface area (Å²) in [5.74, 6) is -1.22. The molecule has 0 bridgehead atoms. The van der Waals surface area contributed by atoms with Crippen molar-refractivity contribution in [1.29, 1.82) is 0 Å². The first-order valence-electron chi connectivity index (χ1n) is 11.7. The van der Waals surface area contributed by atoms with E-state index in [1.165, 1.54) is 12.3 Å². The van der Waals surface area contributed by atoms with Crippen LogP contribution in [0.15, 0.2) is 36.7 Å². The normalized spacial score (nSPS) is 10.1. The number of amides is 2. The maximum atomic E-state index is 12.2. The minimum atomic E-state index is -1.12. The van der Waals surface area contributed by atoms with Crippen LogP contribution in [-0.2, 0) is 0 Å². The van der Waals surface area contributed by atoms with Crippen molar-refractivity contribution in [2.24, 2.45) is 0 Å². The molecule has 2 aromatic heterocycles. The zero-order chi connectivity index (χ0) is 25.5. The van der Waals surface area contributed by atoms with Crippen LogP contribution in [0.25, 0.3) is 0 Å². The molecule has 2 heterocycles. The Labute approximate surface area is 207 Å². The van der Waals surface area contributed by atoms with Crippen LogP contribution in [0, 0.1) is 0 Å². The van der Waals surface area contributed by atoms with Gasteiger partial charge in [-0.05, 0) is 49.9 Å². The first-order valence-corrected chi connectivity index (χ1v) is 12.1. The standard InChI is InChI=1S/C13H18N2O3.C12H17ClN2O/c1-3-7-15(8-4-2)12(16)10-5-6-14-11(9-10)13(17)18;1-3-7-15(8-4-2)12(16)10-5-6-14-11(13)9-10/h5-6,9H,3-4,7-8H2,1-2H3,(H,17,18);5-6,9H,3-4,7-8H2,1-2H3. The third-order valence-electron chi connectivity index (χ3n) is 4.75. The number of aromatic nitrogens is 2. The third-order valence-corrected chi connectivity index (χ3v) is 4.95. The van der Waals surface area contributed by atoms with Crippen molar-refractivity contribution in [3.05, 3.63) is 58.6 Å². The first kappa shape index (κ1) is 29.0. The SMILES string of the molecule is CCCN(CCC)C(=O)c1ccnc(C(=O)O)c1.CCCN(CCC)C(=O)c1ccnc(Cl)c1. The minimum Gasteiger partial charge on any atom is -0.477 e. The van der Waals surface area contributed by atoms with Gasteiger partial charge in [0.05, 0.1) is 0 Å². The lowest BCUT2D eigenvalue weighted by atomic mass is 10.2. The lowest BCUT2D eigenvalue weighted by Crippen LogP contribution is -2.32. The van der Waals surface area contributed by atoms with Gasteiger partial charge in [-0.25, -0.2) is 14.8 Å². The molecule has 2 rings (SSSR count). The van der Waals surface area contributed by atoms with Crippen LogP contribution < -0.4 is 0 Å². The maximum Gasteiger partial charge on any atom is 0.354 e. The highest BCUT2D eigenvalue weighted by molar-refractivity contribution is 6.29. The van der Waals surface area contributed by atoms with Gasteiger partial charge in [0.25, 0.3) is 11.8 Å². The van der Waals surface area contributed by atoms with E-state index in [1.54, 1.807) is 29.3 Å². The monoisotopic (exact) mass is 490 g/mol. The molecule has 0 radical (unpaired) electrons. The van der Waals surface area contributed by atoms with Crippen molar-refractivity contribution in [3.8, 4) is 0 Å². The van der Waals surface area contributed by atoms with E-state index < -0.39 is 5.97 Å². The first-order chi connectivity index (χ1) is 16.3. The number of aromatic carboxylic acids is 1. The Morgan fingerprint density at radius 1 is 0.765 bits per heavy atom. The zero-order valence-corrected chi connectivity index (χ0v) is 21.2. The van der Waals surface area contributed by atoms with Crippen LogP contribution in [0.2, 0.25) is 5.15 Å². The molecule has 0 aliphatic heterocycles. The van der Waals surface area contributed by atoms with Crippen LogP contribution in [0.3, 0.4) is 0 Å². The molecule has 0 spiro atoms. The number of rotatable bonds is 11. The van der Waals surface area contributed by atoms with Crippen molar-refractivity contribution >= 4 is 29.4 Å². The fraction of sp³-hybridized carbons (Fsp3) is 0.480. The van der Waals surface area contributed by atoms with Crippen molar-refractivity contribution in [1.82, 2.24) is 19.8 Å². The van der Waals surface area contributed by atoms with Gasteiger partial charge in [0.1, 0.15) is 10.8 Å². The lowest BCUT2D eigenvalue weighted by molar-refractivity contribution is 0.0689. The van der Waals surface area contributed by atoms with Crippen molar-refractivity contribution < 1.29 is 19.5 Å². The number of carbonyl (C=O) groups excluding carboxylic acids is 2. The number of carboxylic acids is 1. The number of hydrogen-bond acceptors (Lipinski definition) is 5. The van der Waals surface area contributed by atoms with Gasteiger partial charge in [0, 0.05) is 49.7 Å². The molecule has 8 nitrogen and oxygen atoms in total. The average molecular weight is 491 g/mol. The fourth-order valence-electron chi connectivity index (χ4n) is 3.29. The number of nitrogens with zero attached hydrogens (tertiary/aromatic N) is 4. The summed E-state index contributed by atoms with van der Waals surface area (Å²) < 4.78 is 0. The second-order valence-electron chi connectivity index (χ2n) is 7.69. The molecule has 0 fully saturated rings. The van der Waals surface area contributed by atoms with Gasteiger partial charge >= 0.3 is 5.97 Å². The van der Waals surface area contributed by atoms with E-state index in [-0.39, 0.29) is 17.5 Å². The Hall–Kier alpha value is -3.00. The largest absolute Gasteiger partial charge is 0.477 e. The molecule has 2 aromatic rings. The summed E-state index contributed by atoms with van der Waals surface area (Å²) in [6.07, 6.45) is 6.60. The Bertz CT molecular complexity index is 927. The Morgan fingerprint density at radius 2 is 1.18 bits per heavy atom. The molecule has 0 aliphatic rings. The summed E-state index contributed by atoms with van der Waals surface area (Å²) in [6, 6.07) is 6.19. The molecule has 34 heavy (non-hydrogen) atoms. The Kier molecular flexibility index (Phi) is 13.5. The van der Waals surface area contributed by atoms with Gasteiger partial charge in [0.2, 0.25) is 0 Å². The van der Waals surface area contributed by atoms with Crippen molar-refractivity contribution in [2.75, 3.05) is 26.2 Å². The molecule has 0 unspecified atom stereocenters. The van der Waals surface area contributed by atoms with Gasteiger partial charge < -0.3 is 14.9 Å². The molecule has 0 saturated carbocycles. The predicted molar refractivity (Wildman–Crippen MR) is 133 cm³/mol. The quantitative estimate of drug-likeness (QED) is 0.442. The highest BCUT2D eigenvalue weighted by Gasteiger charge is 2.16. The lowest BCUT2D eigenvalue weighted by Gasteiger charge is -2.21. The highest BCUT2D eigenvalue weighted by atomic mass is 35.5. The molecule has 186 valence electrons.